The topological polar surface area (TPSA) is 85.5 Å². The van der Waals surface area contributed by atoms with Gasteiger partial charge in [-0.05, 0) is 24.1 Å². The Morgan fingerprint density at radius 3 is 2.73 bits per heavy atom. The molecule has 22 heavy (non-hydrogen) atoms. The molecule has 2 rings (SSSR count). The minimum Gasteiger partial charge on any atom is -0.504 e. The molecule has 5 nitrogen and oxygen atoms in total. The number of nitrogens with zero attached hydrogens (tertiary/aromatic N) is 1. The Morgan fingerprint density at radius 1 is 1.41 bits per heavy atom. The second kappa shape index (κ2) is 6.98. The summed E-state index contributed by atoms with van der Waals surface area (Å²) in [7, 11) is 0. The van der Waals surface area contributed by atoms with Crippen molar-refractivity contribution in [3.63, 3.8) is 0 Å². The van der Waals surface area contributed by atoms with Crippen molar-refractivity contribution in [3.05, 3.63) is 47.1 Å². The summed E-state index contributed by atoms with van der Waals surface area (Å²) in [6, 6.07) is 5.74. The van der Waals surface area contributed by atoms with Crippen LogP contribution < -0.4 is 5.32 Å². The van der Waals surface area contributed by atoms with Gasteiger partial charge in [0.05, 0.1) is 5.71 Å². The minimum absolute atomic E-state index is 0.0174. The summed E-state index contributed by atoms with van der Waals surface area (Å²) in [4.78, 5) is 16.0. The number of nitrogens with one attached hydrogen (secondary N) is 2. The summed E-state index contributed by atoms with van der Waals surface area (Å²) >= 11 is 0. The number of hydrogen-bond donors (Lipinski definition) is 3. The van der Waals surface area contributed by atoms with Crippen LogP contribution >= 0.6 is 0 Å². The highest BCUT2D eigenvalue weighted by Gasteiger charge is 2.26. The Morgan fingerprint density at radius 2 is 2.09 bits per heavy atom. The average molecular weight is 303 g/mol. The maximum Gasteiger partial charge on any atom is 0.274 e. The van der Waals surface area contributed by atoms with Crippen molar-refractivity contribution in [2.24, 2.45) is 10.9 Å². The molecule has 1 aliphatic rings. The zero-order chi connectivity index (χ0) is 16.1. The van der Waals surface area contributed by atoms with Gasteiger partial charge < -0.3 is 15.8 Å². The molecule has 0 fully saturated rings. The van der Waals surface area contributed by atoms with Crippen molar-refractivity contribution < 1.29 is 14.3 Å². The molecule has 0 radical (unpaired) electrons. The van der Waals surface area contributed by atoms with Gasteiger partial charge in [-0.15, -0.1) is 0 Å². The molecule has 0 aromatic heterocycles. The molecule has 0 aliphatic carbocycles. The Balaban J connectivity index is 2.02. The Bertz CT molecular complexity index is 635. The van der Waals surface area contributed by atoms with Gasteiger partial charge in [0.15, 0.2) is 11.5 Å². The molecule has 116 valence electrons. The van der Waals surface area contributed by atoms with Gasteiger partial charge in [-0.1, -0.05) is 25.5 Å². The molecule has 0 saturated carbocycles. The van der Waals surface area contributed by atoms with Crippen LogP contribution in [0.15, 0.2) is 40.7 Å². The van der Waals surface area contributed by atoms with E-state index >= 15 is 0 Å². The fourth-order valence-electron chi connectivity index (χ4n) is 2.17. The van der Waals surface area contributed by atoms with Gasteiger partial charge in [0.1, 0.15) is 5.82 Å². The second-order valence-electron chi connectivity index (χ2n) is 5.09. The van der Waals surface area contributed by atoms with E-state index in [9.17, 15) is 14.3 Å². The van der Waals surface area contributed by atoms with Crippen molar-refractivity contribution in [2.75, 3.05) is 0 Å². The first kappa shape index (κ1) is 15.9. The van der Waals surface area contributed by atoms with E-state index in [1.54, 1.807) is 12.1 Å². The zero-order valence-corrected chi connectivity index (χ0v) is 12.3. The summed E-state index contributed by atoms with van der Waals surface area (Å²) < 4.78 is 12.8. The Kier molecular flexibility index (Phi) is 5.04. The number of rotatable bonds is 5. The molecule has 0 spiro atoms. The molecule has 0 saturated heterocycles. The average Bonchev–Trinajstić information content (AvgIpc) is 2.51. The number of benzene rings is 1. The number of halogens is 1. The van der Waals surface area contributed by atoms with Crippen LogP contribution in [0.1, 0.15) is 25.3 Å². The standard InChI is InChI=1S/C16H18FN3O2/c1-2-3-11-9-19-14(15(21)13(11)18)16(22)20-8-10-4-6-12(17)7-5-10/h4-7,9,11,18,21H,2-3,8H2,1H3,(H,20,22). The van der Waals surface area contributed by atoms with Crippen molar-refractivity contribution in [2.45, 2.75) is 26.3 Å². The molecule has 1 unspecified atom stereocenters. The molecule has 0 bridgehead atoms. The highest BCUT2D eigenvalue weighted by molar-refractivity contribution is 6.14. The van der Waals surface area contributed by atoms with Crippen LogP contribution in [-0.4, -0.2) is 22.9 Å². The van der Waals surface area contributed by atoms with Crippen LogP contribution in [0.2, 0.25) is 0 Å². The maximum atomic E-state index is 12.8. The lowest BCUT2D eigenvalue weighted by Crippen LogP contribution is -2.30. The molecule has 1 aromatic carbocycles. The van der Waals surface area contributed by atoms with Gasteiger partial charge in [0.2, 0.25) is 0 Å². The van der Waals surface area contributed by atoms with Crippen LogP contribution in [0.4, 0.5) is 4.39 Å². The van der Waals surface area contributed by atoms with Crippen LogP contribution in [0.3, 0.4) is 0 Å². The lowest BCUT2D eigenvalue weighted by molar-refractivity contribution is -0.117. The molecule has 1 atom stereocenters. The van der Waals surface area contributed by atoms with Crippen molar-refractivity contribution in [1.82, 2.24) is 5.32 Å². The predicted molar refractivity (Wildman–Crippen MR) is 82.5 cm³/mol. The van der Waals surface area contributed by atoms with Crippen LogP contribution in [0.5, 0.6) is 0 Å². The van der Waals surface area contributed by atoms with Gasteiger partial charge in [0.25, 0.3) is 5.91 Å². The molecule has 1 heterocycles. The minimum atomic E-state index is -0.558. The number of aliphatic imine (C=N–C) groups is 1. The highest BCUT2D eigenvalue weighted by atomic mass is 19.1. The summed E-state index contributed by atoms with van der Waals surface area (Å²) in [5, 5.41) is 20.4. The molecule has 3 N–H and O–H groups in total. The van der Waals surface area contributed by atoms with Crippen LogP contribution in [-0.2, 0) is 11.3 Å². The van der Waals surface area contributed by atoms with E-state index in [1.165, 1.54) is 18.3 Å². The van der Waals surface area contributed by atoms with Gasteiger partial charge >= 0.3 is 0 Å². The van der Waals surface area contributed by atoms with E-state index in [2.05, 4.69) is 10.3 Å². The van der Waals surface area contributed by atoms with Crippen LogP contribution in [0.25, 0.3) is 0 Å². The lowest BCUT2D eigenvalue weighted by atomic mass is 9.95. The molecular weight excluding hydrogens is 285 g/mol. The number of aliphatic hydroxyl groups excluding tert-OH is 1. The Labute approximate surface area is 128 Å². The summed E-state index contributed by atoms with van der Waals surface area (Å²) in [5.74, 6) is -1.53. The van der Waals surface area contributed by atoms with Crippen LogP contribution in [0, 0.1) is 17.1 Å². The molecular formula is C16H18FN3O2. The summed E-state index contributed by atoms with van der Waals surface area (Å²) in [6.45, 7) is 2.17. The second-order valence-corrected chi connectivity index (χ2v) is 5.09. The monoisotopic (exact) mass is 303 g/mol. The zero-order valence-electron chi connectivity index (χ0n) is 12.3. The van der Waals surface area contributed by atoms with Gasteiger partial charge in [-0.25, -0.2) is 4.39 Å². The molecule has 1 amide bonds. The quantitative estimate of drug-likeness (QED) is 0.781. The van der Waals surface area contributed by atoms with Crippen molar-refractivity contribution >= 4 is 17.8 Å². The van der Waals surface area contributed by atoms with Gasteiger partial charge in [0, 0.05) is 18.7 Å². The van der Waals surface area contributed by atoms with Crippen molar-refractivity contribution in [3.8, 4) is 0 Å². The lowest BCUT2D eigenvalue weighted by Gasteiger charge is -2.18. The van der Waals surface area contributed by atoms with E-state index in [-0.39, 0.29) is 35.4 Å². The third kappa shape index (κ3) is 3.58. The third-order valence-electron chi connectivity index (χ3n) is 3.41. The smallest absolute Gasteiger partial charge is 0.274 e. The van der Waals surface area contributed by atoms with E-state index < -0.39 is 5.91 Å². The number of amides is 1. The first-order valence-electron chi connectivity index (χ1n) is 7.11. The van der Waals surface area contributed by atoms with E-state index in [1.807, 2.05) is 6.92 Å². The number of carbonyl (C=O) groups is 1. The largest absolute Gasteiger partial charge is 0.504 e. The third-order valence-corrected chi connectivity index (χ3v) is 3.41. The maximum absolute atomic E-state index is 12.8. The summed E-state index contributed by atoms with van der Waals surface area (Å²) in [5.41, 5.74) is 0.594. The first-order valence-corrected chi connectivity index (χ1v) is 7.11. The molecule has 6 heteroatoms. The highest BCUT2D eigenvalue weighted by Crippen LogP contribution is 2.19. The van der Waals surface area contributed by atoms with Crippen molar-refractivity contribution in [1.29, 1.82) is 5.41 Å². The normalized spacial score (nSPS) is 17.7. The fourth-order valence-corrected chi connectivity index (χ4v) is 2.17. The number of allylic oxidation sites excluding steroid dienone is 1. The number of aliphatic hydroxyl groups is 1. The van der Waals surface area contributed by atoms with Gasteiger partial charge in [-0.2, -0.15) is 0 Å². The van der Waals surface area contributed by atoms with E-state index in [0.717, 1.165) is 12.0 Å². The summed E-state index contributed by atoms with van der Waals surface area (Å²) in [6.07, 6.45) is 3.09. The Hall–Kier alpha value is -2.50. The number of hydrogen-bond acceptors (Lipinski definition) is 4. The van der Waals surface area contributed by atoms with E-state index in [4.69, 9.17) is 5.41 Å². The SMILES string of the molecule is CCCC1C=NC(C(=O)NCc2ccc(F)cc2)=C(O)C1=N. The predicted octanol–water partition coefficient (Wildman–Crippen LogP) is 2.73. The molecule has 1 aliphatic heterocycles. The number of carbonyl (C=O) groups excluding carboxylic acids is 1. The fraction of sp³-hybridized carbons (Fsp3) is 0.312. The van der Waals surface area contributed by atoms with E-state index in [0.29, 0.717) is 6.42 Å². The molecule has 1 aromatic rings. The van der Waals surface area contributed by atoms with Gasteiger partial charge in [-0.3, -0.25) is 9.79 Å². The first-order chi connectivity index (χ1) is 10.5.